The molecule has 1 aliphatic heterocycles. The van der Waals surface area contributed by atoms with Gasteiger partial charge in [-0.1, -0.05) is 35.5 Å². The number of carbonyl (C=O) groups excluding carboxylic acids is 1. The smallest absolute Gasteiger partial charge is 0.234 e. The third kappa shape index (κ3) is 3.75. The molecule has 8 heteroatoms. The van der Waals surface area contributed by atoms with Gasteiger partial charge in [0.15, 0.2) is 0 Å². The molecule has 26 heavy (non-hydrogen) atoms. The fourth-order valence-electron chi connectivity index (χ4n) is 2.83. The monoisotopic (exact) mass is 350 g/mol. The topological polar surface area (TPSA) is 97.0 Å². The Morgan fingerprint density at radius 1 is 1.23 bits per heavy atom. The van der Waals surface area contributed by atoms with Crippen LogP contribution in [-0.4, -0.2) is 50.5 Å². The predicted molar refractivity (Wildman–Crippen MR) is 92.8 cm³/mol. The summed E-state index contributed by atoms with van der Waals surface area (Å²) < 4.78 is 5.33. The Labute approximate surface area is 150 Å². The molecule has 0 unspecified atom stereocenters. The first-order valence-electron chi connectivity index (χ1n) is 8.41. The van der Waals surface area contributed by atoms with Gasteiger partial charge in [0, 0.05) is 32.0 Å². The summed E-state index contributed by atoms with van der Waals surface area (Å²) in [7, 11) is 0. The molecule has 1 N–H and O–H groups in total. The van der Waals surface area contributed by atoms with Crippen molar-refractivity contribution in [2.75, 3.05) is 19.6 Å². The van der Waals surface area contributed by atoms with E-state index in [9.17, 15) is 4.79 Å². The molecule has 0 aliphatic carbocycles. The van der Waals surface area contributed by atoms with E-state index in [0.717, 1.165) is 18.7 Å². The van der Waals surface area contributed by atoms with E-state index in [-0.39, 0.29) is 11.8 Å². The lowest BCUT2D eigenvalue weighted by Gasteiger charge is -2.36. The second kappa shape index (κ2) is 7.40. The molecular weight excluding hydrogens is 332 g/mol. The van der Waals surface area contributed by atoms with Gasteiger partial charge in [0.1, 0.15) is 5.69 Å². The predicted octanol–water partition coefficient (Wildman–Crippen LogP) is 1.24. The lowest BCUT2D eigenvalue weighted by Crippen LogP contribution is -2.49. The molecule has 132 valence electrons. The highest BCUT2D eigenvalue weighted by molar-refractivity contribution is 5.78. The van der Waals surface area contributed by atoms with E-state index in [0.29, 0.717) is 30.5 Å². The molecular formula is C18H18N6O2. The standard InChI is InChI=1S/C18H18N6O2/c25-16(21-8-13-4-2-1-3-5-13)12-24-10-14(11-24)18-22-17(23-26-18)15-9-19-6-7-20-15/h1-7,9,14H,8,10-12H2,(H,21,25). The minimum atomic E-state index is 0.0121. The minimum Gasteiger partial charge on any atom is -0.351 e. The number of aromatic nitrogens is 4. The van der Waals surface area contributed by atoms with Gasteiger partial charge in [-0.2, -0.15) is 4.98 Å². The zero-order chi connectivity index (χ0) is 17.8. The molecule has 1 amide bonds. The highest BCUT2D eigenvalue weighted by Crippen LogP contribution is 2.26. The van der Waals surface area contributed by atoms with Crippen molar-refractivity contribution < 1.29 is 9.32 Å². The third-order valence-electron chi connectivity index (χ3n) is 4.24. The van der Waals surface area contributed by atoms with Crippen molar-refractivity contribution in [2.24, 2.45) is 0 Å². The molecule has 4 rings (SSSR count). The molecule has 1 aromatic carbocycles. The van der Waals surface area contributed by atoms with Crippen LogP contribution in [0.1, 0.15) is 17.4 Å². The molecule has 0 bridgehead atoms. The summed E-state index contributed by atoms with van der Waals surface area (Å²) >= 11 is 0. The van der Waals surface area contributed by atoms with Gasteiger partial charge in [-0.25, -0.2) is 4.98 Å². The number of hydrogen-bond acceptors (Lipinski definition) is 7. The first-order valence-corrected chi connectivity index (χ1v) is 8.41. The van der Waals surface area contributed by atoms with Gasteiger partial charge >= 0.3 is 0 Å². The first kappa shape index (κ1) is 16.3. The van der Waals surface area contributed by atoms with Gasteiger partial charge < -0.3 is 9.84 Å². The van der Waals surface area contributed by atoms with Crippen LogP contribution in [0.25, 0.3) is 11.5 Å². The highest BCUT2D eigenvalue weighted by Gasteiger charge is 2.33. The maximum Gasteiger partial charge on any atom is 0.234 e. The van der Waals surface area contributed by atoms with Crippen molar-refractivity contribution in [3.63, 3.8) is 0 Å². The Bertz CT molecular complexity index is 862. The van der Waals surface area contributed by atoms with Crippen LogP contribution in [0.15, 0.2) is 53.4 Å². The molecule has 3 aromatic rings. The van der Waals surface area contributed by atoms with Crippen LogP contribution in [0.4, 0.5) is 0 Å². The molecule has 1 saturated heterocycles. The van der Waals surface area contributed by atoms with Crippen LogP contribution < -0.4 is 5.32 Å². The number of rotatable bonds is 6. The van der Waals surface area contributed by atoms with E-state index in [4.69, 9.17) is 4.52 Å². The van der Waals surface area contributed by atoms with Crippen LogP contribution in [0.5, 0.6) is 0 Å². The number of nitrogens with one attached hydrogen (secondary N) is 1. The van der Waals surface area contributed by atoms with Crippen molar-refractivity contribution in [1.29, 1.82) is 0 Å². The van der Waals surface area contributed by atoms with Gasteiger partial charge in [-0.05, 0) is 5.56 Å². The van der Waals surface area contributed by atoms with E-state index in [2.05, 4.69) is 30.3 Å². The maximum absolute atomic E-state index is 12.0. The van der Waals surface area contributed by atoms with E-state index >= 15 is 0 Å². The molecule has 1 fully saturated rings. The summed E-state index contributed by atoms with van der Waals surface area (Å²) in [5, 5.41) is 6.88. The summed E-state index contributed by atoms with van der Waals surface area (Å²) in [6.45, 7) is 2.36. The molecule has 0 atom stereocenters. The summed E-state index contributed by atoms with van der Waals surface area (Å²) in [5.74, 6) is 1.17. The molecule has 0 saturated carbocycles. The zero-order valence-corrected chi connectivity index (χ0v) is 14.1. The Morgan fingerprint density at radius 3 is 2.85 bits per heavy atom. The third-order valence-corrected chi connectivity index (χ3v) is 4.24. The van der Waals surface area contributed by atoms with E-state index in [1.165, 1.54) is 0 Å². The summed E-state index contributed by atoms with van der Waals surface area (Å²) in [6, 6.07) is 9.86. The largest absolute Gasteiger partial charge is 0.351 e. The minimum absolute atomic E-state index is 0.0121. The number of amides is 1. The summed E-state index contributed by atoms with van der Waals surface area (Å²) in [6.07, 6.45) is 4.78. The van der Waals surface area contributed by atoms with E-state index in [1.807, 2.05) is 30.3 Å². The van der Waals surface area contributed by atoms with E-state index < -0.39 is 0 Å². The Balaban J connectivity index is 1.24. The fourth-order valence-corrected chi connectivity index (χ4v) is 2.83. The highest BCUT2D eigenvalue weighted by atomic mass is 16.5. The van der Waals surface area contributed by atoms with Crippen LogP contribution in [-0.2, 0) is 11.3 Å². The summed E-state index contributed by atoms with van der Waals surface area (Å²) in [4.78, 5) is 26.6. The lowest BCUT2D eigenvalue weighted by molar-refractivity contribution is -0.123. The van der Waals surface area contributed by atoms with Crippen molar-refractivity contribution in [2.45, 2.75) is 12.5 Å². The van der Waals surface area contributed by atoms with Gasteiger partial charge in [-0.3, -0.25) is 14.7 Å². The van der Waals surface area contributed by atoms with Gasteiger partial charge in [0.25, 0.3) is 0 Å². The van der Waals surface area contributed by atoms with Crippen molar-refractivity contribution in [3.8, 4) is 11.5 Å². The molecule has 1 aliphatic rings. The quantitative estimate of drug-likeness (QED) is 0.714. The molecule has 2 aromatic heterocycles. The summed E-state index contributed by atoms with van der Waals surface area (Å²) in [5.41, 5.74) is 1.67. The SMILES string of the molecule is O=C(CN1CC(c2nc(-c3cnccn3)no2)C1)NCc1ccccc1. The Morgan fingerprint density at radius 2 is 2.08 bits per heavy atom. The number of hydrogen-bond donors (Lipinski definition) is 1. The van der Waals surface area contributed by atoms with Crippen LogP contribution in [0.3, 0.4) is 0 Å². The van der Waals surface area contributed by atoms with Crippen molar-refractivity contribution in [3.05, 3.63) is 60.4 Å². The van der Waals surface area contributed by atoms with Gasteiger partial charge in [0.2, 0.25) is 17.6 Å². The average Bonchev–Trinajstić information content (AvgIpc) is 3.14. The van der Waals surface area contributed by atoms with Crippen LogP contribution in [0, 0.1) is 0 Å². The van der Waals surface area contributed by atoms with Crippen molar-refractivity contribution >= 4 is 5.91 Å². The lowest BCUT2D eigenvalue weighted by atomic mass is 10.0. The molecule has 0 radical (unpaired) electrons. The van der Waals surface area contributed by atoms with Gasteiger partial charge in [0.05, 0.1) is 18.7 Å². The Hall–Kier alpha value is -3.13. The second-order valence-electron chi connectivity index (χ2n) is 6.20. The van der Waals surface area contributed by atoms with Crippen LogP contribution in [0.2, 0.25) is 0 Å². The molecule has 8 nitrogen and oxygen atoms in total. The number of carbonyl (C=O) groups is 1. The maximum atomic E-state index is 12.0. The first-order chi connectivity index (χ1) is 12.8. The average molecular weight is 350 g/mol. The zero-order valence-electron chi connectivity index (χ0n) is 14.1. The molecule has 3 heterocycles. The number of benzene rings is 1. The number of nitrogens with zero attached hydrogens (tertiary/aromatic N) is 5. The molecule has 0 spiro atoms. The Kier molecular flexibility index (Phi) is 4.65. The van der Waals surface area contributed by atoms with Crippen molar-refractivity contribution in [1.82, 2.24) is 30.3 Å². The fraction of sp³-hybridized carbons (Fsp3) is 0.278. The second-order valence-corrected chi connectivity index (χ2v) is 6.20. The van der Waals surface area contributed by atoms with E-state index in [1.54, 1.807) is 18.6 Å². The van der Waals surface area contributed by atoms with Crippen LogP contribution >= 0.6 is 0 Å². The van der Waals surface area contributed by atoms with Gasteiger partial charge in [-0.15, -0.1) is 0 Å². The number of likely N-dealkylation sites (tertiary alicyclic amines) is 1. The normalized spacial score (nSPS) is 14.8.